The zero-order valence-electron chi connectivity index (χ0n) is 34.3. The number of nitro benzene ring substituents is 1. The predicted molar refractivity (Wildman–Crippen MR) is 230 cm³/mol. The lowest BCUT2D eigenvalue weighted by molar-refractivity contribution is -0.386. The average molecular weight is 914 g/mol. The Hall–Kier alpha value is -7.07. The van der Waals surface area contributed by atoms with Crippen molar-refractivity contribution in [2.24, 2.45) is 9.98 Å². The van der Waals surface area contributed by atoms with E-state index < -0.39 is 59.6 Å². The van der Waals surface area contributed by atoms with Gasteiger partial charge in [-0.3, -0.25) is 29.7 Å². The molecular weight excluding hydrogens is 862 g/mol. The third-order valence-corrected chi connectivity index (χ3v) is 9.65. The number of ether oxygens (including phenoxy) is 6. The van der Waals surface area contributed by atoms with E-state index in [1.165, 1.54) is 53.5 Å². The van der Waals surface area contributed by atoms with E-state index in [0.717, 1.165) is 0 Å². The van der Waals surface area contributed by atoms with Crippen LogP contribution in [0.3, 0.4) is 0 Å². The Kier molecular flexibility index (Phi) is 15.5. The lowest BCUT2D eigenvalue weighted by Gasteiger charge is -2.17. The second-order valence-corrected chi connectivity index (χ2v) is 14.7. The van der Waals surface area contributed by atoms with Crippen LogP contribution >= 0.6 is 0 Å². The highest BCUT2D eigenvalue weighted by molar-refractivity contribution is 5.75. The maximum Gasteiger partial charge on any atom is 0.508 e. The Bertz CT molecular complexity index is 2660. The summed E-state index contributed by atoms with van der Waals surface area (Å²) in [4.78, 5) is 73.1. The molecule has 4 aromatic heterocycles. The summed E-state index contributed by atoms with van der Waals surface area (Å²) in [6, 6.07) is 2.57. The molecule has 2 fully saturated rings. The van der Waals surface area contributed by atoms with Crippen LogP contribution in [-0.2, 0) is 18.9 Å². The van der Waals surface area contributed by atoms with E-state index in [9.17, 15) is 34.7 Å². The maximum atomic E-state index is 12.4. The molecule has 3 aliphatic heterocycles. The van der Waals surface area contributed by atoms with Crippen molar-refractivity contribution in [3.63, 3.8) is 0 Å². The zero-order valence-corrected chi connectivity index (χ0v) is 34.3. The maximum absolute atomic E-state index is 12.4. The lowest BCUT2D eigenvalue weighted by Crippen LogP contribution is -2.28. The summed E-state index contributed by atoms with van der Waals surface area (Å²) in [6.45, 7) is 0.697. The van der Waals surface area contributed by atoms with Crippen LogP contribution in [0.5, 0.6) is 11.5 Å². The smallest absolute Gasteiger partial charge is 0.454 e. The summed E-state index contributed by atoms with van der Waals surface area (Å²) >= 11 is 0. The van der Waals surface area contributed by atoms with Crippen molar-refractivity contribution >= 4 is 58.5 Å². The molecule has 65 heavy (non-hydrogen) atoms. The second-order valence-electron chi connectivity index (χ2n) is 14.7. The van der Waals surface area contributed by atoms with Gasteiger partial charge in [-0.25, -0.2) is 24.1 Å². The van der Waals surface area contributed by atoms with Crippen LogP contribution in [0.1, 0.15) is 58.7 Å². The van der Waals surface area contributed by atoms with Crippen molar-refractivity contribution in [1.82, 2.24) is 49.3 Å². The van der Waals surface area contributed by atoms with Gasteiger partial charge in [0, 0.05) is 41.0 Å². The van der Waals surface area contributed by atoms with Crippen LogP contribution in [0.2, 0.25) is 0 Å². The molecule has 1 aromatic carbocycles. The highest BCUT2D eigenvalue weighted by Gasteiger charge is 2.38. The van der Waals surface area contributed by atoms with Gasteiger partial charge in [-0.1, -0.05) is 14.9 Å². The number of carbonyl (C=O) groups is 1. The number of carbonyl (C=O) groups excluding carboxylic acids is 1. The Labute approximate surface area is 369 Å². The summed E-state index contributed by atoms with van der Waals surface area (Å²) < 4.78 is 35.0. The zero-order chi connectivity index (χ0) is 45.1. The summed E-state index contributed by atoms with van der Waals surface area (Å²) in [5, 5.41) is 49.9. The standard InChI is InChI=1S/C23H25N7O10.C13H18N6O4.2CH4/c1-11(12-4-16-17(38-10-37-16)5-14(12)30(34)35)39-23(33)36-8-18-15(31)6-19(40-18)29-20-13(7-25-29)21(32)27-22(26-20)24-9-28(2)3;1-18(2)6-14-13-16-11-7(12(22)17-13)4-15-19(11)10-3-8(21)9(5-20)23-10;;/h4-5,7,9,11,15,18-19,31H,6,8,10H2,1-3H3,(H,26,27,32);4,6,8-10,20-21H,3,5H2,1-2H3,(H,16,17,22);2*1H4. The number of fused-ring (bicyclic) bond motifs is 3. The third kappa shape index (κ3) is 10.8. The molecule has 2 saturated heterocycles. The molecule has 0 aliphatic carbocycles. The monoisotopic (exact) mass is 913 g/mol. The number of aliphatic hydroxyl groups excluding tert-OH is 3. The topological polar surface area (TPSA) is 335 Å². The van der Waals surface area contributed by atoms with E-state index in [-0.39, 0.29) is 98.9 Å². The Balaban J connectivity index is 0.000000271. The molecule has 5 N–H and O–H groups in total. The molecule has 7 atom stereocenters. The van der Waals surface area contributed by atoms with Crippen LogP contribution in [0, 0.1) is 10.1 Å². The number of hydrogen-bond donors (Lipinski definition) is 5. The number of H-pyrrole nitrogens is 2. The molecule has 352 valence electrons. The van der Waals surface area contributed by atoms with E-state index in [2.05, 4.69) is 40.1 Å². The lowest BCUT2D eigenvalue weighted by atomic mass is 10.1. The van der Waals surface area contributed by atoms with E-state index in [1.807, 2.05) is 0 Å². The first kappa shape index (κ1) is 49.0. The minimum absolute atomic E-state index is 0. The first-order chi connectivity index (χ1) is 30.1. The van der Waals surface area contributed by atoms with Crippen molar-refractivity contribution in [3.05, 3.63) is 60.9 Å². The van der Waals surface area contributed by atoms with E-state index in [4.69, 9.17) is 33.5 Å². The molecule has 7 unspecified atom stereocenters. The summed E-state index contributed by atoms with van der Waals surface area (Å²) in [5.41, 5.74) is -0.505. The number of rotatable bonds is 12. The van der Waals surface area contributed by atoms with Crippen molar-refractivity contribution in [1.29, 1.82) is 0 Å². The van der Waals surface area contributed by atoms with Gasteiger partial charge in [-0.05, 0) is 13.0 Å². The van der Waals surface area contributed by atoms with Crippen molar-refractivity contribution in [3.8, 4) is 11.5 Å². The first-order valence-corrected chi connectivity index (χ1v) is 19.2. The SMILES string of the molecule is C.C.CC(OC(=O)OCC1OC(n2ncc3c(=O)[nH]c(N=CN(C)C)nc32)CC1O)c1cc2c(cc1[N+](=O)[O-])OCO2.CN(C)C=Nc1nc2c(cnn2C2CC(O)C(CO)O2)c(=O)[nH]1. The highest BCUT2D eigenvalue weighted by Crippen LogP contribution is 2.41. The number of aromatic nitrogens is 8. The number of aliphatic imine (C=N–C) groups is 2. The molecule has 0 radical (unpaired) electrons. The van der Waals surface area contributed by atoms with Crippen LogP contribution < -0.4 is 20.6 Å². The highest BCUT2D eigenvalue weighted by atomic mass is 16.7. The fourth-order valence-electron chi connectivity index (χ4n) is 6.60. The van der Waals surface area contributed by atoms with Gasteiger partial charge in [-0.15, -0.1) is 0 Å². The van der Waals surface area contributed by atoms with Gasteiger partial charge in [0.25, 0.3) is 16.8 Å². The number of benzene rings is 1. The molecule has 0 amide bonds. The predicted octanol–water partition coefficient (Wildman–Crippen LogP) is 1.79. The molecular formula is C38H51N13O14. The molecule has 0 bridgehead atoms. The largest absolute Gasteiger partial charge is 0.508 e. The van der Waals surface area contributed by atoms with E-state index in [1.54, 1.807) is 38.0 Å². The molecule has 0 saturated carbocycles. The first-order valence-electron chi connectivity index (χ1n) is 19.2. The number of nitrogens with one attached hydrogen (secondary N) is 2. The van der Waals surface area contributed by atoms with Gasteiger partial charge < -0.3 is 53.5 Å². The average Bonchev–Trinajstić information content (AvgIpc) is 4.08. The van der Waals surface area contributed by atoms with Crippen molar-refractivity contribution in [2.45, 2.75) is 77.6 Å². The van der Waals surface area contributed by atoms with Gasteiger partial charge in [0.15, 0.2) is 35.2 Å². The Morgan fingerprint density at radius 1 is 0.908 bits per heavy atom. The van der Waals surface area contributed by atoms with Gasteiger partial charge in [0.2, 0.25) is 18.7 Å². The normalized spacial score (nSPS) is 21.5. The number of aromatic amines is 2. The van der Waals surface area contributed by atoms with Crippen molar-refractivity contribution in [2.75, 3.05) is 48.2 Å². The Morgan fingerprint density at radius 2 is 1.40 bits per heavy atom. The molecule has 0 spiro atoms. The van der Waals surface area contributed by atoms with E-state index >= 15 is 0 Å². The van der Waals surface area contributed by atoms with Crippen LogP contribution in [-0.4, -0.2) is 161 Å². The van der Waals surface area contributed by atoms with Gasteiger partial charge >= 0.3 is 6.16 Å². The number of nitro groups is 1. The van der Waals surface area contributed by atoms with Crippen LogP contribution in [0.25, 0.3) is 22.1 Å². The molecule has 27 nitrogen and oxygen atoms in total. The molecule has 8 rings (SSSR count). The quantitative estimate of drug-likeness (QED) is 0.0391. The molecule has 27 heteroatoms. The van der Waals surface area contributed by atoms with E-state index in [0.29, 0.717) is 11.0 Å². The fourth-order valence-corrected chi connectivity index (χ4v) is 6.60. The molecule has 5 aromatic rings. The van der Waals surface area contributed by atoms with Crippen LogP contribution in [0.4, 0.5) is 22.4 Å². The number of nitrogens with zero attached hydrogens (tertiary/aromatic N) is 11. The fraction of sp³-hybridized carbons (Fsp3) is 0.500. The van der Waals surface area contributed by atoms with Gasteiger partial charge in [0.05, 0.1) is 60.4 Å². The number of hydrogen-bond acceptors (Lipinski definition) is 20. The van der Waals surface area contributed by atoms with Crippen molar-refractivity contribution < 1.29 is 53.5 Å². The van der Waals surface area contributed by atoms with Crippen LogP contribution in [0.15, 0.2) is 44.1 Å². The second kappa shape index (κ2) is 20.6. The number of aliphatic hydroxyl groups is 3. The van der Waals surface area contributed by atoms with Gasteiger partial charge in [-0.2, -0.15) is 20.2 Å². The molecule has 3 aliphatic rings. The summed E-state index contributed by atoms with van der Waals surface area (Å²) in [7, 11) is 7.12. The third-order valence-electron chi connectivity index (χ3n) is 9.65. The Morgan fingerprint density at radius 3 is 1.88 bits per heavy atom. The van der Waals surface area contributed by atoms with Gasteiger partial charge in [0.1, 0.15) is 35.7 Å². The summed E-state index contributed by atoms with van der Waals surface area (Å²) in [5.74, 6) is 0.716. The minimum atomic E-state index is -1.13. The summed E-state index contributed by atoms with van der Waals surface area (Å²) in [6.07, 6.45) is -1.02. The minimum Gasteiger partial charge on any atom is -0.454 e. The molecule has 7 heterocycles.